The van der Waals surface area contributed by atoms with Gasteiger partial charge in [-0.05, 0) is 36.8 Å². The van der Waals surface area contributed by atoms with Crippen molar-refractivity contribution < 1.29 is 14.7 Å². The van der Waals surface area contributed by atoms with E-state index in [0.717, 1.165) is 12.1 Å². The fourth-order valence-electron chi connectivity index (χ4n) is 2.17. The topological polar surface area (TPSA) is 57.6 Å². The molecule has 1 amide bonds. The number of rotatable bonds is 6. The van der Waals surface area contributed by atoms with Crippen molar-refractivity contribution in [3.05, 3.63) is 35.4 Å². The summed E-state index contributed by atoms with van der Waals surface area (Å²) >= 11 is 0. The molecule has 19 heavy (non-hydrogen) atoms. The summed E-state index contributed by atoms with van der Waals surface area (Å²) in [7, 11) is 1.82. The molecule has 1 aromatic carbocycles. The molecule has 2 rings (SSSR count). The molecule has 1 aliphatic carbocycles. The molecule has 102 valence electrons. The first-order valence-corrected chi connectivity index (χ1v) is 6.63. The summed E-state index contributed by atoms with van der Waals surface area (Å²) in [5.74, 6) is -0.165. The molecule has 0 bridgehead atoms. The number of amides is 1. The van der Waals surface area contributed by atoms with Crippen molar-refractivity contribution in [2.24, 2.45) is 5.92 Å². The number of hydrogen-bond acceptors (Lipinski definition) is 2. The van der Waals surface area contributed by atoms with E-state index < -0.39 is 5.97 Å². The molecule has 1 aliphatic rings. The lowest BCUT2D eigenvalue weighted by molar-refractivity contribution is -0.130. The Morgan fingerprint density at radius 1 is 1.32 bits per heavy atom. The summed E-state index contributed by atoms with van der Waals surface area (Å²) in [5, 5.41) is 9.07. The normalized spacial score (nSPS) is 14.2. The van der Waals surface area contributed by atoms with Gasteiger partial charge >= 0.3 is 5.97 Å². The number of nitrogens with zero attached hydrogens (tertiary/aromatic N) is 1. The van der Waals surface area contributed by atoms with Crippen molar-refractivity contribution in [3.8, 4) is 0 Å². The van der Waals surface area contributed by atoms with Crippen molar-refractivity contribution >= 4 is 11.9 Å². The Kier molecular flexibility index (Phi) is 4.20. The largest absolute Gasteiger partial charge is 0.478 e. The predicted octanol–water partition coefficient (Wildman–Crippen LogP) is 2.19. The maximum Gasteiger partial charge on any atom is 0.335 e. The monoisotopic (exact) mass is 261 g/mol. The van der Waals surface area contributed by atoms with E-state index in [1.165, 1.54) is 12.8 Å². The van der Waals surface area contributed by atoms with E-state index in [9.17, 15) is 9.59 Å². The van der Waals surface area contributed by atoms with E-state index in [1.807, 2.05) is 7.05 Å². The number of carboxylic acid groups (broad SMARTS) is 1. The average Bonchev–Trinajstić information content (AvgIpc) is 3.20. The summed E-state index contributed by atoms with van der Waals surface area (Å²) in [6, 6.07) is 6.86. The van der Waals surface area contributed by atoms with Gasteiger partial charge in [-0.1, -0.05) is 18.2 Å². The summed E-state index contributed by atoms with van der Waals surface area (Å²) in [6.07, 6.45) is 3.29. The quantitative estimate of drug-likeness (QED) is 0.854. The molecule has 0 heterocycles. The Hall–Kier alpha value is -1.84. The minimum atomic E-state index is -0.936. The molecule has 0 saturated heterocycles. The average molecular weight is 261 g/mol. The zero-order valence-corrected chi connectivity index (χ0v) is 11.1. The summed E-state index contributed by atoms with van der Waals surface area (Å²) < 4.78 is 0. The molecular formula is C15H19NO3. The molecule has 0 aliphatic heterocycles. The number of carbonyl (C=O) groups is 2. The third kappa shape index (κ3) is 3.81. The molecule has 1 saturated carbocycles. The van der Waals surface area contributed by atoms with Crippen molar-refractivity contribution in [3.63, 3.8) is 0 Å². The van der Waals surface area contributed by atoms with Gasteiger partial charge in [-0.25, -0.2) is 4.79 Å². The second kappa shape index (κ2) is 5.87. The Labute approximate surface area is 113 Å². The second-order valence-electron chi connectivity index (χ2n) is 5.18. The molecule has 0 unspecified atom stereocenters. The van der Waals surface area contributed by atoms with Crippen LogP contribution in [0.4, 0.5) is 0 Å². The highest BCUT2D eigenvalue weighted by Gasteiger charge is 2.24. The molecule has 4 nitrogen and oxygen atoms in total. The number of carboxylic acids is 1. The maximum absolute atomic E-state index is 11.9. The number of carbonyl (C=O) groups excluding carboxylic acids is 1. The number of benzene rings is 1. The van der Waals surface area contributed by atoms with Crippen molar-refractivity contribution in [1.29, 1.82) is 0 Å². The van der Waals surface area contributed by atoms with Crippen LogP contribution in [0.3, 0.4) is 0 Å². The number of hydrogen-bond donors (Lipinski definition) is 1. The standard InChI is InChI=1S/C15H19NO3/c1-16(10-11-6-7-11)14(17)9-8-12-4-2-3-5-13(12)15(18)19/h2-5,11H,6-10H2,1H3,(H,18,19). The second-order valence-corrected chi connectivity index (χ2v) is 5.18. The molecule has 0 radical (unpaired) electrons. The van der Waals surface area contributed by atoms with Gasteiger partial charge in [0.1, 0.15) is 0 Å². The van der Waals surface area contributed by atoms with E-state index >= 15 is 0 Å². The highest BCUT2D eigenvalue weighted by molar-refractivity contribution is 5.89. The summed E-state index contributed by atoms with van der Waals surface area (Å²) in [6.45, 7) is 0.833. The Balaban J connectivity index is 1.90. The third-order valence-corrected chi connectivity index (χ3v) is 3.51. The molecule has 4 heteroatoms. The van der Waals surface area contributed by atoms with Crippen LogP contribution in [0.15, 0.2) is 24.3 Å². The fraction of sp³-hybridized carbons (Fsp3) is 0.467. The van der Waals surface area contributed by atoms with Gasteiger partial charge in [0.15, 0.2) is 0 Å². The smallest absolute Gasteiger partial charge is 0.335 e. The summed E-state index contributed by atoms with van der Waals surface area (Å²) in [4.78, 5) is 24.8. The van der Waals surface area contributed by atoms with Crippen LogP contribution < -0.4 is 0 Å². The number of aryl methyl sites for hydroxylation is 1. The van der Waals surface area contributed by atoms with Crippen LogP contribution in [-0.4, -0.2) is 35.5 Å². The van der Waals surface area contributed by atoms with Crippen molar-refractivity contribution in [2.75, 3.05) is 13.6 Å². The van der Waals surface area contributed by atoms with Crippen LogP contribution in [0.25, 0.3) is 0 Å². The van der Waals surface area contributed by atoms with Gasteiger partial charge < -0.3 is 10.0 Å². The Morgan fingerprint density at radius 2 is 2.00 bits per heavy atom. The van der Waals surface area contributed by atoms with Gasteiger partial charge in [0.2, 0.25) is 5.91 Å². The summed E-state index contributed by atoms with van der Waals surface area (Å²) in [5.41, 5.74) is 1.02. The molecule has 0 spiro atoms. The molecule has 1 N–H and O–H groups in total. The lowest BCUT2D eigenvalue weighted by Gasteiger charge is -2.16. The fourth-order valence-corrected chi connectivity index (χ4v) is 2.17. The number of aromatic carboxylic acids is 1. The van der Waals surface area contributed by atoms with Crippen LogP contribution in [0.5, 0.6) is 0 Å². The Morgan fingerprint density at radius 3 is 2.63 bits per heavy atom. The predicted molar refractivity (Wildman–Crippen MR) is 72.1 cm³/mol. The van der Waals surface area contributed by atoms with Gasteiger partial charge in [-0.15, -0.1) is 0 Å². The van der Waals surface area contributed by atoms with Crippen LogP contribution in [0.1, 0.15) is 35.2 Å². The van der Waals surface area contributed by atoms with E-state index in [4.69, 9.17) is 5.11 Å². The van der Waals surface area contributed by atoms with Crippen molar-refractivity contribution in [1.82, 2.24) is 4.90 Å². The SMILES string of the molecule is CN(CC1CC1)C(=O)CCc1ccccc1C(=O)O. The third-order valence-electron chi connectivity index (χ3n) is 3.51. The van der Waals surface area contributed by atoms with Crippen LogP contribution >= 0.6 is 0 Å². The van der Waals surface area contributed by atoms with Crippen molar-refractivity contribution in [2.45, 2.75) is 25.7 Å². The van der Waals surface area contributed by atoms with Gasteiger partial charge in [0.05, 0.1) is 5.56 Å². The minimum absolute atomic E-state index is 0.0899. The zero-order chi connectivity index (χ0) is 13.8. The molecule has 0 atom stereocenters. The van der Waals surface area contributed by atoms with Gasteiger partial charge in [-0.2, -0.15) is 0 Å². The lowest BCUT2D eigenvalue weighted by Crippen LogP contribution is -2.29. The molecule has 1 fully saturated rings. The lowest BCUT2D eigenvalue weighted by atomic mass is 10.0. The highest BCUT2D eigenvalue weighted by Crippen LogP contribution is 2.29. The maximum atomic E-state index is 11.9. The van der Waals surface area contributed by atoms with Crippen LogP contribution in [0.2, 0.25) is 0 Å². The first-order valence-electron chi connectivity index (χ1n) is 6.63. The molecule has 0 aromatic heterocycles. The molecule has 1 aromatic rings. The van der Waals surface area contributed by atoms with Gasteiger partial charge in [0.25, 0.3) is 0 Å². The van der Waals surface area contributed by atoms with Crippen LogP contribution in [-0.2, 0) is 11.2 Å². The van der Waals surface area contributed by atoms with E-state index in [0.29, 0.717) is 24.3 Å². The van der Waals surface area contributed by atoms with Crippen LogP contribution in [0, 0.1) is 5.92 Å². The zero-order valence-electron chi connectivity index (χ0n) is 11.1. The molecular weight excluding hydrogens is 242 g/mol. The van der Waals surface area contributed by atoms with Gasteiger partial charge in [0, 0.05) is 20.0 Å². The first kappa shape index (κ1) is 13.6. The van der Waals surface area contributed by atoms with E-state index in [1.54, 1.807) is 29.2 Å². The highest BCUT2D eigenvalue weighted by atomic mass is 16.4. The van der Waals surface area contributed by atoms with E-state index in [-0.39, 0.29) is 5.91 Å². The Bertz CT molecular complexity index is 480. The van der Waals surface area contributed by atoms with Gasteiger partial charge in [-0.3, -0.25) is 4.79 Å². The van der Waals surface area contributed by atoms with E-state index in [2.05, 4.69) is 0 Å². The minimum Gasteiger partial charge on any atom is -0.478 e. The first-order chi connectivity index (χ1) is 9.08.